The van der Waals surface area contributed by atoms with Gasteiger partial charge in [-0.3, -0.25) is 4.79 Å². The van der Waals surface area contributed by atoms with Gasteiger partial charge in [0.25, 0.3) is 0 Å². The van der Waals surface area contributed by atoms with Gasteiger partial charge >= 0.3 is 0 Å². The summed E-state index contributed by atoms with van der Waals surface area (Å²) in [6, 6.07) is 8.44. The van der Waals surface area contributed by atoms with Gasteiger partial charge in [-0.15, -0.1) is 0 Å². The standard InChI is InChI=1S/C23H39N5O3/c1-27(2)22(29)18-25-23(24-13-10-19-6-8-21(31-4)9-7-19)26-20-11-15-28(16-12-20)14-5-17-30-3/h6-9,20H,5,10-18H2,1-4H3,(H2,24,25,26). The number of carbonyl (C=O) groups excluding carboxylic acids is 1. The topological polar surface area (TPSA) is 78.4 Å². The number of rotatable bonds is 11. The van der Waals surface area contributed by atoms with Gasteiger partial charge < -0.3 is 29.9 Å². The van der Waals surface area contributed by atoms with E-state index in [1.807, 2.05) is 12.1 Å². The molecule has 0 bridgehead atoms. The molecule has 2 N–H and O–H groups in total. The number of nitrogens with one attached hydrogen (secondary N) is 2. The molecule has 0 aliphatic carbocycles. The lowest BCUT2D eigenvalue weighted by atomic mass is 10.1. The third kappa shape index (κ3) is 9.57. The van der Waals surface area contributed by atoms with Crippen molar-refractivity contribution in [1.29, 1.82) is 0 Å². The highest BCUT2D eigenvalue weighted by atomic mass is 16.5. The first kappa shape index (κ1) is 24.9. The number of hydrogen-bond donors (Lipinski definition) is 2. The summed E-state index contributed by atoms with van der Waals surface area (Å²) in [6.45, 7) is 4.91. The Morgan fingerprint density at radius 1 is 1.19 bits per heavy atom. The second kappa shape index (κ2) is 13.9. The van der Waals surface area contributed by atoms with E-state index in [9.17, 15) is 4.79 Å². The van der Waals surface area contributed by atoms with Gasteiger partial charge in [-0.2, -0.15) is 0 Å². The van der Waals surface area contributed by atoms with Crippen LogP contribution in [0.5, 0.6) is 5.75 Å². The van der Waals surface area contributed by atoms with Crippen molar-refractivity contribution >= 4 is 11.9 Å². The van der Waals surface area contributed by atoms with E-state index in [2.05, 4.69) is 32.7 Å². The third-order valence-corrected chi connectivity index (χ3v) is 5.49. The number of nitrogens with zero attached hydrogens (tertiary/aromatic N) is 3. The van der Waals surface area contributed by atoms with Crippen LogP contribution in [-0.2, 0) is 16.0 Å². The number of guanidine groups is 1. The van der Waals surface area contributed by atoms with E-state index in [1.54, 1.807) is 33.2 Å². The molecular weight excluding hydrogens is 394 g/mol. The molecule has 1 aromatic rings. The summed E-state index contributed by atoms with van der Waals surface area (Å²) in [5.41, 5.74) is 1.22. The molecular formula is C23H39N5O3. The number of methoxy groups -OCH3 is 2. The average Bonchev–Trinajstić information content (AvgIpc) is 2.78. The van der Waals surface area contributed by atoms with Gasteiger partial charge in [0.15, 0.2) is 5.96 Å². The highest BCUT2D eigenvalue weighted by Gasteiger charge is 2.20. The van der Waals surface area contributed by atoms with Crippen molar-refractivity contribution in [2.45, 2.75) is 31.7 Å². The quantitative estimate of drug-likeness (QED) is 0.312. The highest BCUT2D eigenvalue weighted by Crippen LogP contribution is 2.12. The van der Waals surface area contributed by atoms with Crippen molar-refractivity contribution in [1.82, 2.24) is 20.4 Å². The molecule has 0 radical (unpaired) electrons. The van der Waals surface area contributed by atoms with Crippen LogP contribution in [0.15, 0.2) is 29.3 Å². The SMILES string of the molecule is COCCCN1CCC(NC(=NCC(=O)N(C)C)NCCc2ccc(OC)cc2)CC1. The van der Waals surface area contributed by atoms with Crippen molar-refractivity contribution in [3.05, 3.63) is 29.8 Å². The Balaban J connectivity index is 1.84. The van der Waals surface area contributed by atoms with E-state index in [4.69, 9.17) is 9.47 Å². The van der Waals surface area contributed by atoms with Crippen LogP contribution in [0.1, 0.15) is 24.8 Å². The molecule has 174 valence electrons. The molecule has 1 aliphatic rings. The Labute approximate surface area is 187 Å². The van der Waals surface area contributed by atoms with Crippen molar-refractivity contribution < 1.29 is 14.3 Å². The number of piperidine rings is 1. The fourth-order valence-electron chi connectivity index (χ4n) is 3.48. The van der Waals surface area contributed by atoms with Gasteiger partial charge in [-0.1, -0.05) is 12.1 Å². The van der Waals surface area contributed by atoms with Crippen LogP contribution in [0.3, 0.4) is 0 Å². The Kier molecular flexibility index (Phi) is 11.2. The zero-order chi connectivity index (χ0) is 22.5. The number of carbonyl (C=O) groups is 1. The molecule has 0 saturated carbocycles. The lowest BCUT2D eigenvalue weighted by Gasteiger charge is -2.33. The van der Waals surface area contributed by atoms with Gasteiger partial charge in [0.2, 0.25) is 5.91 Å². The van der Waals surface area contributed by atoms with Gasteiger partial charge in [-0.05, 0) is 43.4 Å². The molecule has 31 heavy (non-hydrogen) atoms. The molecule has 1 amide bonds. The van der Waals surface area contributed by atoms with Crippen LogP contribution in [-0.4, -0.2) is 95.4 Å². The lowest BCUT2D eigenvalue weighted by molar-refractivity contribution is -0.127. The molecule has 1 fully saturated rings. The van der Waals surface area contributed by atoms with Crippen LogP contribution < -0.4 is 15.4 Å². The van der Waals surface area contributed by atoms with E-state index in [1.165, 1.54) is 5.56 Å². The number of likely N-dealkylation sites (tertiary alicyclic amines) is 1. The molecule has 0 aromatic heterocycles. The highest BCUT2D eigenvalue weighted by molar-refractivity contribution is 5.84. The number of hydrogen-bond acceptors (Lipinski definition) is 5. The number of aliphatic imine (C=N–C) groups is 1. The molecule has 1 aromatic carbocycles. The van der Waals surface area contributed by atoms with Crippen LogP contribution in [0.25, 0.3) is 0 Å². The summed E-state index contributed by atoms with van der Waals surface area (Å²) in [7, 11) is 6.92. The molecule has 1 heterocycles. The molecule has 1 aliphatic heterocycles. The monoisotopic (exact) mass is 433 g/mol. The van der Waals surface area contributed by atoms with E-state index in [0.717, 1.165) is 64.2 Å². The minimum atomic E-state index is -0.00998. The molecule has 2 rings (SSSR count). The maximum absolute atomic E-state index is 12.0. The van der Waals surface area contributed by atoms with Gasteiger partial charge in [0.1, 0.15) is 12.3 Å². The number of likely N-dealkylation sites (N-methyl/N-ethyl adjacent to an activating group) is 1. The summed E-state index contributed by atoms with van der Waals surface area (Å²) in [5, 5.41) is 6.94. The van der Waals surface area contributed by atoms with Crippen LogP contribution in [0.2, 0.25) is 0 Å². The molecule has 0 atom stereocenters. The average molecular weight is 434 g/mol. The van der Waals surface area contributed by atoms with Crippen LogP contribution >= 0.6 is 0 Å². The second-order valence-electron chi connectivity index (χ2n) is 8.08. The Morgan fingerprint density at radius 3 is 2.52 bits per heavy atom. The van der Waals surface area contributed by atoms with Gasteiger partial charge in [0, 0.05) is 60.0 Å². The van der Waals surface area contributed by atoms with E-state index in [-0.39, 0.29) is 12.5 Å². The van der Waals surface area contributed by atoms with Crippen molar-refractivity contribution in [2.75, 3.05) is 67.6 Å². The first-order valence-corrected chi connectivity index (χ1v) is 11.1. The second-order valence-corrected chi connectivity index (χ2v) is 8.08. The largest absolute Gasteiger partial charge is 0.497 e. The van der Waals surface area contributed by atoms with E-state index < -0.39 is 0 Å². The first-order chi connectivity index (χ1) is 15.0. The normalized spacial score (nSPS) is 15.5. The Bertz CT molecular complexity index is 670. The van der Waals surface area contributed by atoms with Crippen LogP contribution in [0, 0.1) is 0 Å². The number of amides is 1. The van der Waals surface area contributed by atoms with Crippen molar-refractivity contribution in [3.63, 3.8) is 0 Å². The summed E-state index contributed by atoms with van der Waals surface area (Å²) < 4.78 is 10.4. The van der Waals surface area contributed by atoms with E-state index >= 15 is 0 Å². The lowest BCUT2D eigenvalue weighted by Crippen LogP contribution is -2.49. The molecule has 8 nitrogen and oxygen atoms in total. The zero-order valence-electron chi connectivity index (χ0n) is 19.5. The molecule has 0 spiro atoms. The molecule has 1 saturated heterocycles. The molecule has 8 heteroatoms. The maximum atomic E-state index is 12.0. The van der Waals surface area contributed by atoms with Crippen molar-refractivity contribution in [2.24, 2.45) is 4.99 Å². The predicted molar refractivity (Wildman–Crippen MR) is 125 cm³/mol. The summed E-state index contributed by atoms with van der Waals surface area (Å²) in [6.07, 6.45) is 4.06. The predicted octanol–water partition coefficient (Wildman–Crippen LogP) is 1.36. The summed E-state index contributed by atoms with van der Waals surface area (Å²) in [4.78, 5) is 20.6. The fourth-order valence-corrected chi connectivity index (χ4v) is 3.48. The minimum absolute atomic E-state index is 0.00998. The van der Waals surface area contributed by atoms with Gasteiger partial charge in [-0.25, -0.2) is 4.99 Å². The Morgan fingerprint density at radius 2 is 1.90 bits per heavy atom. The number of benzene rings is 1. The van der Waals surface area contributed by atoms with Gasteiger partial charge in [0.05, 0.1) is 7.11 Å². The molecule has 0 unspecified atom stereocenters. The summed E-state index contributed by atoms with van der Waals surface area (Å²) >= 11 is 0. The summed E-state index contributed by atoms with van der Waals surface area (Å²) in [5.74, 6) is 1.56. The van der Waals surface area contributed by atoms with Crippen LogP contribution in [0.4, 0.5) is 0 Å². The first-order valence-electron chi connectivity index (χ1n) is 11.1. The minimum Gasteiger partial charge on any atom is -0.497 e. The zero-order valence-corrected chi connectivity index (χ0v) is 19.5. The van der Waals surface area contributed by atoms with Crippen molar-refractivity contribution in [3.8, 4) is 5.75 Å². The third-order valence-electron chi connectivity index (χ3n) is 5.49. The maximum Gasteiger partial charge on any atom is 0.243 e. The van der Waals surface area contributed by atoms with E-state index in [0.29, 0.717) is 12.0 Å². The Hall–Kier alpha value is -2.32. The smallest absolute Gasteiger partial charge is 0.243 e. The fraction of sp³-hybridized carbons (Fsp3) is 0.652. The number of ether oxygens (including phenoxy) is 2.